The summed E-state index contributed by atoms with van der Waals surface area (Å²) in [5, 5.41) is 7.60. The van der Waals surface area contributed by atoms with Crippen molar-refractivity contribution in [3.05, 3.63) is 18.0 Å². The summed E-state index contributed by atoms with van der Waals surface area (Å²) in [5.41, 5.74) is 1.23. The summed E-state index contributed by atoms with van der Waals surface area (Å²) in [6.45, 7) is 7.40. The predicted octanol–water partition coefficient (Wildman–Crippen LogP) is 1.58. The number of aromatic nitrogens is 2. The lowest BCUT2D eigenvalue weighted by molar-refractivity contribution is 0.537. The number of unbranched alkanes of at least 4 members (excludes halogenated alkanes) is 1. The molecule has 3 heteroatoms. The van der Waals surface area contributed by atoms with Gasteiger partial charge in [0, 0.05) is 18.4 Å². The Morgan fingerprint density at radius 3 is 2.92 bits per heavy atom. The molecule has 0 saturated carbocycles. The molecule has 1 rings (SSSR count). The number of nitrogens with one attached hydrogen (secondary N) is 1. The largest absolute Gasteiger partial charge is 0.315 e. The van der Waals surface area contributed by atoms with E-state index in [1.807, 2.05) is 16.9 Å². The lowest BCUT2D eigenvalue weighted by Crippen LogP contribution is -2.21. The van der Waals surface area contributed by atoms with Gasteiger partial charge >= 0.3 is 0 Å². The van der Waals surface area contributed by atoms with Gasteiger partial charge in [-0.3, -0.25) is 4.68 Å². The fourth-order valence-electron chi connectivity index (χ4n) is 1.24. The van der Waals surface area contributed by atoms with Crippen molar-refractivity contribution >= 4 is 0 Å². The zero-order chi connectivity index (χ0) is 9.52. The topological polar surface area (TPSA) is 29.9 Å². The third kappa shape index (κ3) is 3.59. The third-order valence-corrected chi connectivity index (χ3v) is 2.14. The summed E-state index contributed by atoms with van der Waals surface area (Å²) in [7, 11) is 0. The van der Waals surface area contributed by atoms with Crippen LogP contribution < -0.4 is 5.32 Å². The Hall–Kier alpha value is -0.830. The quantitative estimate of drug-likeness (QED) is 0.675. The van der Waals surface area contributed by atoms with Crippen molar-refractivity contribution in [2.45, 2.75) is 33.2 Å². The predicted molar refractivity (Wildman–Crippen MR) is 54.7 cm³/mol. The summed E-state index contributed by atoms with van der Waals surface area (Å²) in [5.74, 6) is 0. The van der Waals surface area contributed by atoms with E-state index in [0.717, 1.165) is 19.6 Å². The maximum Gasteiger partial charge on any atom is 0.0537 e. The van der Waals surface area contributed by atoms with E-state index in [4.69, 9.17) is 0 Å². The summed E-state index contributed by atoms with van der Waals surface area (Å²) < 4.78 is 2.03. The second-order valence-corrected chi connectivity index (χ2v) is 3.30. The minimum atomic E-state index is 0.975. The first-order valence-electron chi connectivity index (χ1n) is 5.03. The van der Waals surface area contributed by atoms with Gasteiger partial charge in [0.25, 0.3) is 0 Å². The highest BCUT2D eigenvalue weighted by molar-refractivity contribution is 4.96. The van der Waals surface area contributed by atoms with Crippen molar-refractivity contribution in [3.8, 4) is 0 Å². The van der Waals surface area contributed by atoms with Gasteiger partial charge in [-0.15, -0.1) is 0 Å². The van der Waals surface area contributed by atoms with Crippen LogP contribution in [0.25, 0.3) is 0 Å². The first-order valence-corrected chi connectivity index (χ1v) is 5.03. The molecule has 0 atom stereocenters. The van der Waals surface area contributed by atoms with Crippen LogP contribution in [0.4, 0.5) is 0 Å². The number of rotatable bonds is 6. The molecule has 0 aliphatic carbocycles. The lowest BCUT2D eigenvalue weighted by Gasteiger charge is -2.05. The van der Waals surface area contributed by atoms with E-state index in [-0.39, 0.29) is 0 Å². The van der Waals surface area contributed by atoms with E-state index >= 15 is 0 Å². The fraction of sp³-hybridized carbons (Fsp3) is 0.700. The minimum Gasteiger partial charge on any atom is -0.315 e. The zero-order valence-electron chi connectivity index (χ0n) is 8.58. The van der Waals surface area contributed by atoms with E-state index in [1.165, 1.54) is 18.5 Å². The molecule has 0 fully saturated rings. The standard InChI is InChI=1S/C10H19N3/c1-3-4-6-11-8-9-13-10(2)5-7-12-13/h5,7,11H,3-4,6,8-9H2,1-2H3. The maximum absolute atomic E-state index is 4.21. The molecule has 0 aliphatic rings. The van der Waals surface area contributed by atoms with Gasteiger partial charge in [-0.25, -0.2) is 0 Å². The number of hydrogen-bond acceptors (Lipinski definition) is 2. The van der Waals surface area contributed by atoms with Crippen LogP contribution in [0.2, 0.25) is 0 Å². The molecule has 0 unspecified atom stereocenters. The molecule has 3 nitrogen and oxygen atoms in total. The fourth-order valence-corrected chi connectivity index (χ4v) is 1.24. The molecular weight excluding hydrogens is 162 g/mol. The van der Waals surface area contributed by atoms with Crippen LogP contribution in [-0.4, -0.2) is 22.9 Å². The Bertz CT molecular complexity index is 230. The van der Waals surface area contributed by atoms with Crippen molar-refractivity contribution in [2.24, 2.45) is 0 Å². The molecule has 0 spiro atoms. The average molecular weight is 181 g/mol. The Morgan fingerprint density at radius 1 is 1.46 bits per heavy atom. The molecule has 1 N–H and O–H groups in total. The molecule has 13 heavy (non-hydrogen) atoms. The van der Waals surface area contributed by atoms with Crippen molar-refractivity contribution in [1.29, 1.82) is 0 Å². The normalized spacial score (nSPS) is 10.6. The van der Waals surface area contributed by atoms with Crippen LogP contribution in [0.3, 0.4) is 0 Å². The average Bonchev–Trinajstić information content (AvgIpc) is 2.52. The molecule has 0 bridgehead atoms. The second kappa shape index (κ2) is 5.75. The minimum absolute atomic E-state index is 0.975. The first-order chi connectivity index (χ1) is 6.34. The van der Waals surface area contributed by atoms with Gasteiger partial charge in [0.1, 0.15) is 0 Å². The van der Waals surface area contributed by atoms with E-state index < -0.39 is 0 Å². The smallest absolute Gasteiger partial charge is 0.0537 e. The molecule has 0 radical (unpaired) electrons. The zero-order valence-corrected chi connectivity index (χ0v) is 8.58. The van der Waals surface area contributed by atoms with Gasteiger partial charge in [-0.05, 0) is 26.0 Å². The van der Waals surface area contributed by atoms with Crippen molar-refractivity contribution in [2.75, 3.05) is 13.1 Å². The highest BCUT2D eigenvalue weighted by atomic mass is 15.3. The van der Waals surface area contributed by atoms with Gasteiger partial charge in [0.05, 0.1) is 6.54 Å². The molecule has 1 aromatic heterocycles. The van der Waals surface area contributed by atoms with E-state index in [9.17, 15) is 0 Å². The Balaban J connectivity index is 2.10. The number of aryl methyl sites for hydroxylation is 1. The summed E-state index contributed by atoms with van der Waals surface area (Å²) in [4.78, 5) is 0. The number of nitrogens with zero attached hydrogens (tertiary/aromatic N) is 2. The SMILES string of the molecule is CCCCNCCn1nccc1C. The first kappa shape index (κ1) is 10.3. The molecular formula is C10H19N3. The molecule has 1 heterocycles. The number of hydrogen-bond donors (Lipinski definition) is 1. The molecule has 0 amide bonds. The highest BCUT2D eigenvalue weighted by Crippen LogP contribution is 1.94. The van der Waals surface area contributed by atoms with Crippen molar-refractivity contribution < 1.29 is 0 Å². The summed E-state index contributed by atoms with van der Waals surface area (Å²) in [6.07, 6.45) is 4.37. The van der Waals surface area contributed by atoms with E-state index in [0.29, 0.717) is 0 Å². The molecule has 1 aromatic rings. The third-order valence-electron chi connectivity index (χ3n) is 2.14. The monoisotopic (exact) mass is 181 g/mol. The van der Waals surface area contributed by atoms with Crippen LogP contribution in [0, 0.1) is 6.92 Å². The Kier molecular flexibility index (Phi) is 4.54. The maximum atomic E-state index is 4.21. The van der Waals surface area contributed by atoms with Gasteiger partial charge in [0.15, 0.2) is 0 Å². The van der Waals surface area contributed by atoms with E-state index in [1.54, 1.807) is 0 Å². The molecule has 0 aliphatic heterocycles. The molecule has 0 saturated heterocycles. The molecule has 0 aromatic carbocycles. The van der Waals surface area contributed by atoms with Crippen LogP contribution in [0.5, 0.6) is 0 Å². The Labute approximate surface area is 80.1 Å². The van der Waals surface area contributed by atoms with Crippen LogP contribution >= 0.6 is 0 Å². The van der Waals surface area contributed by atoms with Crippen LogP contribution in [0.15, 0.2) is 12.3 Å². The Morgan fingerprint density at radius 2 is 2.31 bits per heavy atom. The summed E-state index contributed by atoms with van der Waals surface area (Å²) in [6, 6.07) is 2.03. The van der Waals surface area contributed by atoms with Gasteiger partial charge < -0.3 is 5.32 Å². The van der Waals surface area contributed by atoms with Crippen molar-refractivity contribution in [1.82, 2.24) is 15.1 Å². The van der Waals surface area contributed by atoms with Crippen molar-refractivity contribution in [3.63, 3.8) is 0 Å². The lowest BCUT2D eigenvalue weighted by atomic mass is 10.3. The van der Waals surface area contributed by atoms with Crippen LogP contribution in [0.1, 0.15) is 25.5 Å². The highest BCUT2D eigenvalue weighted by Gasteiger charge is 1.94. The van der Waals surface area contributed by atoms with E-state index in [2.05, 4.69) is 24.3 Å². The van der Waals surface area contributed by atoms with Gasteiger partial charge in [-0.2, -0.15) is 5.10 Å². The second-order valence-electron chi connectivity index (χ2n) is 3.30. The molecule has 74 valence electrons. The summed E-state index contributed by atoms with van der Waals surface area (Å²) >= 11 is 0. The van der Waals surface area contributed by atoms with Gasteiger partial charge in [-0.1, -0.05) is 13.3 Å². The van der Waals surface area contributed by atoms with Crippen LogP contribution in [-0.2, 0) is 6.54 Å². The van der Waals surface area contributed by atoms with Gasteiger partial charge in [0.2, 0.25) is 0 Å².